The van der Waals surface area contributed by atoms with E-state index < -0.39 is 0 Å². The average Bonchev–Trinajstić information content (AvgIpc) is 3.17. The Bertz CT molecular complexity index is 664. The van der Waals surface area contributed by atoms with E-state index >= 15 is 0 Å². The molecule has 1 N–H and O–H groups in total. The molecule has 0 unspecified atom stereocenters. The summed E-state index contributed by atoms with van der Waals surface area (Å²) in [5.41, 5.74) is 2.08. The zero-order valence-corrected chi connectivity index (χ0v) is 13.9. The van der Waals surface area contributed by atoms with E-state index in [9.17, 15) is 0 Å². The molecule has 4 rings (SSSR count). The molecule has 24 heavy (non-hydrogen) atoms. The molecule has 0 spiro atoms. The van der Waals surface area contributed by atoms with Gasteiger partial charge in [0.15, 0.2) is 0 Å². The van der Waals surface area contributed by atoms with Gasteiger partial charge in [-0.2, -0.15) is 0 Å². The Morgan fingerprint density at radius 2 is 2.08 bits per heavy atom. The number of hydrogen-bond donors (Lipinski definition) is 1. The third kappa shape index (κ3) is 3.36. The van der Waals surface area contributed by atoms with E-state index in [1.165, 1.54) is 0 Å². The molecule has 128 valence electrons. The molecule has 2 fully saturated rings. The lowest BCUT2D eigenvalue weighted by atomic mass is 9.96. The van der Waals surface area contributed by atoms with Crippen molar-refractivity contribution in [1.29, 1.82) is 0 Å². The first-order valence-electron chi connectivity index (χ1n) is 8.74. The number of nitrogens with one attached hydrogen (secondary N) is 1. The van der Waals surface area contributed by atoms with Crippen molar-refractivity contribution < 1.29 is 9.47 Å². The summed E-state index contributed by atoms with van der Waals surface area (Å²) in [6, 6.07) is 4.45. The van der Waals surface area contributed by atoms with Gasteiger partial charge in [0.1, 0.15) is 0 Å². The third-order valence-electron chi connectivity index (χ3n) is 5.07. The van der Waals surface area contributed by atoms with Crippen LogP contribution in [0.15, 0.2) is 30.7 Å². The second-order valence-corrected chi connectivity index (χ2v) is 6.47. The minimum absolute atomic E-state index is 0.469. The second-order valence-electron chi connectivity index (χ2n) is 6.47. The fourth-order valence-corrected chi connectivity index (χ4v) is 3.72. The van der Waals surface area contributed by atoms with Crippen LogP contribution >= 0.6 is 0 Å². The molecular formula is C18H24N4O2. The fourth-order valence-electron chi connectivity index (χ4n) is 3.72. The van der Waals surface area contributed by atoms with Crippen LogP contribution in [0.5, 0.6) is 0 Å². The summed E-state index contributed by atoms with van der Waals surface area (Å²) in [6.45, 7) is 6.30. The van der Waals surface area contributed by atoms with Crippen molar-refractivity contribution in [2.45, 2.75) is 12.5 Å². The van der Waals surface area contributed by atoms with Crippen molar-refractivity contribution in [3.05, 3.63) is 30.7 Å². The molecule has 0 saturated carbocycles. The molecule has 2 saturated heterocycles. The Morgan fingerprint density at radius 3 is 2.92 bits per heavy atom. The number of hydrogen-bond acceptors (Lipinski definition) is 6. The van der Waals surface area contributed by atoms with Gasteiger partial charge in [-0.25, -0.2) is 0 Å². The third-order valence-corrected chi connectivity index (χ3v) is 5.07. The summed E-state index contributed by atoms with van der Waals surface area (Å²) >= 11 is 0. The molecule has 2 aliphatic rings. The van der Waals surface area contributed by atoms with E-state index in [2.05, 4.69) is 20.2 Å². The predicted octanol–water partition coefficient (Wildman–Crippen LogP) is 1.78. The standard InChI is InChI=1S/C18H24N4O2/c1-4-19-11-15-16(1)20-5-2-17(15)21-12-18(14-3-8-24-13-14)22-6-9-23-10-7-22/h1-2,4-5,11,14,18H,3,6-10,12-13H2,(H,20,21)/t14-,18+/m1/s1. The van der Waals surface area contributed by atoms with Crippen LogP contribution in [0, 0.1) is 5.92 Å². The molecule has 2 aromatic rings. The van der Waals surface area contributed by atoms with Crippen LogP contribution in [0.1, 0.15) is 6.42 Å². The van der Waals surface area contributed by atoms with Gasteiger partial charge in [0.05, 0.1) is 25.3 Å². The predicted molar refractivity (Wildman–Crippen MR) is 93.1 cm³/mol. The van der Waals surface area contributed by atoms with Gasteiger partial charge in [0.2, 0.25) is 0 Å². The Labute approximate surface area is 142 Å². The summed E-state index contributed by atoms with van der Waals surface area (Å²) in [6.07, 6.45) is 6.66. The SMILES string of the molecule is c1cc2nccc(NC[C@@H]([C@@H]3CCOC3)N3CCOCC3)c2cn1. The first-order valence-corrected chi connectivity index (χ1v) is 8.74. The maximum atomic E-state index is 5.65. The van der Waals surface area contributed by atoms with E-state index in [0.717, 1.165) is 69.1 Å². The molecule has 2 aliphatic heterocycles. The monoisotopic (exact) mass is 328 g/mol. The lowest BCUT2D eigenvalue weighted by molar-refractivity contribution is 0.00462. The van der Waals surface area contributed by atoms with Crippen molar-refractivity contribution in [1.82, 2.24) is 14.9 Å². The zero-order valence-electron chi connectivity index (χ0n) is 13.9. The Hall–Kier alpha value is -1.76. The number of fused-ring (bicyclic) bond motifs is 1. The van der Waals surface area contributed by atoms with Crippen LogP contribution in [0.3, 0.4) is 0 Å². The van der Waals surface area contributed by atoms with Crippen LogP contribution in [0.2, 0.25) is 0 Å². The lowest BCUT2D eigenvalue weighted by Crippen LogP contribution is -2.50. The van der Waals surface area contributed by atoms with Crippen LogP contribution in [-0.4, -0.2) is 67.0 Å². The van der Waals surface area contributed by atoms with Gasteiger partial charge in [-0.1, -0.05) is 0 Å². The summed E-state index contributed by atoms with van der Waals surface area (Å²) in [4.78, 5) is 11.2. The Balaban J connectivity index is 1.51. The Kier molecular flexibility index (Phi) is 4.87. The molecule has 6 heteroatoms. The van der Waals surface area contributed by atoms with Gasteiger partial charge in [-0.05, 0) is 18.6 Å². The highest BCUT2D eigenvalue weighted by molar-refractivity contribution is 5.90. The smallest absolute Gasteiger partial charge is 0.0753 e. The lowest BCUT2D eigenvalue weighted by Gasteiger charge is -2.37. The number of nitrogens with zero attached hydrogens (tertiary/aromatic N) is 3. The summed E-state index contributed by atoms with van der Waals surface area (Å²) in [5, 5.41) is 4.72. The molecule has 6 nitrogen and oxygen atoms in total. The number of aromatic nitrogens is 2. The summed E-state index contributed by atoms with van der Waals surface area (Å²) in [5.74, 6) is 0.585. The second kappa shape index (κ2) is 7.42. The largest absolute Gasteiger partial charge is 0.383 e. The molecule has 0 aromatic carbocycles. The number of pyridine rings is 2. The highest BCUT2D eigenvalue weighted by atomic mass is 16.5. The zero-order chi connectivity index (χ0) is 16.2. The molecule has 0 radical (unpaired) electrons. The van der Waals surface area contributed by atoms with Crippen molar-refractivity contribution >= 4 is 16.6 Å². The minimum atomic E-state index is 0.469. The number of morpholine rings is 1. The highest BCUT2D eigenvalue weighted by Gasteiger charge is 2.31. The van der Waals surface area contributed by atoms with E-state index in [-0.39, 0.29) is 0 Å². The molecule has 0 amide bonds. The molecule has 2 aromatic heterocycles. The van der Waals surface area contributed by atoms with Crippen molar-refractivity contribution in [3.8, 4) is 0 Å². The van der Waals surface area contributed by atoms with Crippen molar-refractivity contribution in [3.63, 3.8) is 0 Å². The first kappa shape index (κ1) is 15.7. The van der Waals surface area contributed by atoms with Crippen LogP contribution in [0.25, 0.3) is 10.9 Å². The number of ether oxygens (including phenoxy) is 2. The number of rotatable bonds is 5. The van der Waals surface area contributed by atoms with E-state index in [0.29, 0.717) is 12.0 Å². The van der Waals surface area contributed by atoms with Gasteiger partial charge in [-0.15, -0.1) is 0 Å². The van der Waals surface area contributed by atoms with Crippen molar-refractivity contribution in [2.24, 2.45) is 5.92 Å². The quantitative estimate of drug-likeness (QED) is 0.903. The maximum absolute atomic E-state index is 5.65. The number of anilines is 1. The van der Waals surface area contributed by atoms with E-state index in [1.807, 2.05) is 24.5 Å². The van der Waals surface area contributed by atoms with Crippen molar-refractivity contribution in [2.75, 3.05) is 51.4 Å². The molecular weight excluding hydrogens is 304 g/mol. The summed E-state index contributed by atoms with van der Waals surface area (Å²) in [7, 11) is 0. The minimum Gasteiger partial charge on any atom is -0.383 e. The summed E-state index contributed by atoms with van der Waals surface area (Å²) < 4.78 is 11.2. The van der Waals surface area contributed by atoms with Gasteiger partial charge in [0, 0.05) is 67.9 Å². The topological polar surface area (TPSA) is 59.5 Å². The van der Waals surface area contributed by atoms with Crippen LogP contribution in [-0.2, 0) is 9.47 Å². The van der Waals surface area contributed by atoms with Crippen LogP contribution in [0.4, 0.5) is 5.69 Å². The Morgan fingerprint density at radius 1 is 1.17 bits per heavy atom. The molecule has 2 atom stereocenters. The maximum Gasteiger partial charge on any atom is 0.0753 e. The normalized spacial score (nSPS) is 23.4. The van der Waals surface area contributed by atoms with Gasteiger partial charge in [0.25, 0.3) is 0 Å². The fraction of sp³-hybridized carbons (Fsp3) is 0.556. The van der Waals surface area contributed by atoms with Gasteiger partial charge in [-0.3, -0.25) is 14.9 Å². The molecule has 0 bridgehead atoms. The molecule has 0 aliphatic carbocycles. The van der Waals surface area contributed by atoms with E-state index in [1.54, 1.807) is 6.20 Å². The van der Waals surface area contributed by atoms with E-state index in [4.69, 9.17) is 9.47 Å². The average molecular weight is 328 g/mol. The first-order chi connectivity index (χ1) is 11.9. The van der Waals surface area contributed by atoms with Gasteiger partial charge < -0.3 is 14.8 Å². The van der Waals surface area contributed by atoms with Gasteiger partial charge >= 0.3 is 0 Å². The van der Waals surface area contributed by atoms with Crippen LogP contribution < -0.4 is 5.32 Å². The highest BCUT2D eigenvalue weighted by Crippen LogP contribution is 2.25. The molecule has 4 heterocycles.